The van der Waals surface area contributed by atoms with Gasteiger partial charge in [0, 0.05) is 5.57 Å². The molecule has 24 heavy (non-hydrogen) atoms. The quantitative estimate of drug-likeness (QED) is 0.331. The van der Waals surface area contributed by atoms with E-state index in [4.69, 9.17) is 9.47 Å². The molecule has 5 rings (SSSR count). The van der Waals surface area contributed by atoms with E-state index in [1.807, 2.05) is 0 Å². The van der Waals surface area contributed by atoms with Crippen LogP contribution in [0.15, 0.2) is 12.2 Å². The zero-order valence-electron chi connectivity index (χ0n) is 14.8. The van der Waals surface area contributed by atoms with E-state index in [2.05, 4.69) is 6.58 Å². The molecule has 5 aliphatic carbocycles. The zero-order chi connectivity index (χ0) is 16.5. The van der Waals surface area contributed by atoms with Crippen LogP contribution < -0.4 is 0 Å². The fraction of sp³-hybridized carbons (Fsp3) is 0.857. The van der Waals surface area contributed by atoms with Crippen molar-refractivity contribution in [1.82, 2.24) is 0 Å². The van der Waals surface area contributed by atoms with E-state index in [1.54, 1.807) is 6.92 Å². The first-order valence-corrected chi connectivity index (χ1v) is 10.1. The Kier molecular flexibility index (Phi) is 3.43. The van der Waals surface area contributed by atoms with E-state index in [0.29, 0.717) is 18.8 Å². The summed E-state index contributed by atoms with van der Waals surface area (Å²) >= 11 is 0. The Morgan fingerprint density at radius 3 is 2.79 bits per heavy atom. The van der Waals surface area contributed by atoms with Crippen LogP contribution in [0, 0.1) is 41.4 Å². The molecule has 132 valence electrons. The number of hydrogen-bond donors (Lipinski definition) is 0. The lowest BCUT2D eigenvalue weighted by Crippen LogP contribution is -2.50. The Morgan fingerprint density at radius 1 is 1.12 bits per heavy atom. The lowest BCUT2D eigenvalue weighted by Gasteiger charge is -2.47. The molecule has 5 fully saturated rings. The fourth-order valence-electron chi connectivity index (χ4n) is 8.01. The van der Waals surface area contributed by atoms with Crippen LogP contribution in [0.2, 0.25) is 0 Å². The summed E-state index contributed by atoms with van der Waals surface area (Å²) in [5.41, 5.74) is 0.602. The first-order chi connectivity index (χ1) is 11.6. The second-order valence-electron chi connectivity index (χ2n) is 9.23. The van der Waals surface area contributed by atoms with Gasteiger partial charge in [-0.3, -0.25) is 0 Å². The summed E-state index contributed by atoms with van der Waals surface area (Å²) in [6.45, 7) is 6.28. The topological polar surface area (TPSA) is 35.5 Å². The largest absolute Gasteiger partial charge is 0.460 e. The molecule has 0 amide bonds. The molecule has 0 N–H and O–H groups in total. The normalized spacial score (nSPS) is 50.1. The van der Waals surface area contributed by atoms with Crippen molar-refractivity contribution in [2.75, 3.05) is 13.2 Å². The van der Waals surface area contributed by atoms with Gasteiger partial charge in [-0.05, 0) is 86.9 Å². The summed E-state index contributed by atoms with van der Waals surface area (Å²) in [6.07, 6.45) is 9.90. The van der Waals surface area contributed by atoms with Gasteiger partial charge in [-0.2, -0.15) is 0 Å². The Morgan fingerprint density at radius 2 is 1.96 bits per heavy atom. The molecule has 0 aliphatic heterocycles. The number of ether oxygens (including phenoxy) is 2. The first kappa shape index (κ1) is 15.4. The molecule has 0 radical (unpaired) electrons. The average Bonchev–Trinajstić information content (AvgIpc) is 3.34. The summed E-state index contributed by atoms with van der Waals surface area (Å²) < 4.78 is 12.0. The van der Waals surface area contributed by atoms with Gasteiger partial charge in [0.05, 0.1) is 12.2 Å². The summed E-state index contributed by atoms with van der Waals surface area (Å²) in [7, 11) is 0. The molecule has 0 aromatic heterocycles. The van der Waals surface area contributed by atoms with Crippen molar-refractivity contribution in [3.8, 4) is 0 Å². The van der Waals surface area contributed by atoms with Gasteiger partial charge < -0.3 is 9.47 Å². The maximum Gasteiger partial charge on any atom is 0.333 e. The molecule has 0 saturated heterocycles. The molecular formula is C21H30O3. The van der Waals surface area contributed by atoms with Crippen molar-refractivity contribution in [3.63, 3.8) is 0 Å². The third kappa shape index (κ3) is 1.91. The third-order valence-corrected chi connectivity index (χ3v) is 8.38. The molecule has 8 atom stereocenters. The SMILES string of the molecule is C=C(C)C(=O)OCCOC12CC(C3CCCC31)C1C3CCC(C3)C12. The molecule has 3 nitrogen and oxygen atoms in total. The van der Waals surface area contributed by atoms with Gasteiger partial charge in [0.25, 0.3) is 0 Å². The highest BCUT2D eigenvalue weighted by Gasteiger charge is 2.73. The standard InChI is InChI=1S/C21H30O3/c1-12(2)20(22)23-8-9-24-21-11-16(15-4-3-5-17(15)21)18-13-6-7-14(10-13)19(18)21/h13-19H,1,3-11H2,2H3. The maximum atomic E-state index is 11.6. The molecular weight excluding hydrogens is 300 g/mol. The molecule has 0 aromatic carbocycles. The van der Waals surface area contributed by atoms with Crippen LogP contribution in [-0.4, -0.2) is 24.8 Å². The molecule has 4 bridgehead atoms. The van der Waals surface area contributed by atoms with Crippen molar-refractivity contribution < 1.29 is 14.3 Å². The van der Waals surface area contributed by atoms with Crippen LogP contribution in [0.5, 0.6) is 0 Å². The number of rotatable bonds is 5. The highest BCUT2D eigenvalue weighted by Crippen LogP contribution is 2.75. The van der Waals surface area contributed by atoms with Crippen molar-refractivity contribution in [2.45, 2.75) is 57.5 Å². The summed E-state index contributed by atoms with van der Waals surface area (Å²) in [6, 6.07) is 0. The van der Waals surface area contributed by atoms with Gasteiger partial charge in [-0.15, -0.1) is 0 Å². The number of hydrogen-bond acceptors (Lipinski definition) is 3. The Balaban J connectivity index is 1.33. The number of esters is 1. The van der Waals surface area contributed by atoms with E-state index >= 15 is 0 Å². The molecule has 3 heteroatoms. The van der Waals surface area contributed by atoms with E-state index in [0.717, 1.165) is 41.4 Å². The lowest BCUT2D eigenvalue weighted by atomic mass is 9.62. The van der Waals surface area contributed by atoms with Gasteiger partial charge in [-0.1, -0.05) is 13.0 Å². The van der Waals surface area contributed by atoms with Crippen molar-refractivity contribution in [2.24, 2.45) is 41.4 Å². The van der Waals surface area contributed by atoms with E-state index < -0.39 is 0 Å². The Labute approximate surface area is 145 Å². The maximum absolute atomic E-state index is 11.6. The van der Waals surface area contributed by atoms with Crippen LogP contribution in [0.3, 0.4) is 0 Å². The predicted octanol–water partition coefficient (Wildman–Crippen LogP) is 3.97. The number of carbonyl (C=O) groups is 1. The summed E-state index contributed by atoms with van der Waals surface area (Å²) in [4.78, 5) is 11.6. The third-order valence-electron chi connectivity index (χ3n) is 8.38. The van der Waals surface area contributed by atoms with Crippen molar-refractivity contribution in [3.05, 3.63) is 12.2 Å². The molecule has 8 unspecified atom stereocenters. The van der Waals surface area contributed by atoms with E-state index in [9.17, 15) is 4.79 Å². The minimum Gasteiger partial charge on any atom is -0.460 e. The van der Waals surface area contributed by atoms with Gasteiger partial charge in [0.15, 0.2) is 0 Å². The van der Waals surface area contributed by atoms with Crippen LogP contribution in [0.4, 0.5) is 0 Å². The Bertz CT molecular complexity index is 569. The number of fused-ring (bicyclic) bond motifs is 12. The van der Waals surface area contributed by atoms with Gasteiger partial charge in [0.1, 0.15) is 6.61 Å². The summed E-state index contributed by atoms with van der Waals surface area (Å²) in [5, 5.41) is 0. The Hall–Kier alpha value is -0.830. The highest BCUT2D eigenvalue weighted by atomic mass is 16.6. The van der Waals surface area contributed by atoms with Crippen LogP contribution in [-0.2, 0) is 14.3 Å². The van der Waals surface area contributed by atoms with Crippen LogP contribution in [0.25, 0.3) is 0 Å². The van der Waals surface area contributed by atoms with Gasteiger partial charge in [-0.25, -0.2) is 4.79 Å². The highest BCUT2D eigenvalue weighted by molar-refractivity contribution is 5.86. The molecule has 0 aromatic rings. The minimum atomic E-state index is -0.289. The molecule has 0 heterocycles. The van der Waals surface area contributed by atoms with Crippen LogP contribution in [0.1, 0.15) is 51.9 Å². The average molecular weight is 330 g/mol. The van der Waals surface area contributed by atoms with Crippen molar-refractivity contribution >= 4 is 5.97 Å². The zero-order valence-corrected chi connectivity index (χ0v) is 14.8. The van der Waals surface area contributed by atoms with Crippen LogP contribution >= 0.6 is 0 Å². The number of carbonyl (C=O) groups excluding carboxylic acids is 1. The molecule has 5 aliphatic rings. The molecule has 0 spiro atoms. The fourth-order valence-corrected chi connectivity index (χ4v) is 8.01. The van der Waals surface area contributed by atoms with Crippen molar-refractivity contribution in [1.29, 1.82) is 0 Å². The predicted molar refractivity (Wildman–Crippen MR) is 91.2 cm³/mol. The molecule has 5 saturated carbocycles. The lowest BCUT2D eigenvalue weighted by molar-refractivity contribution is -0.156. The first-order valence-electron chi connectivity index (χ1n) is 10.1. The second kappa shape index (κ2) is 5.33. The summed E-state index contributed by atoms with van der Waals surface area (Å²) in [5.74, 6) is 6.07. The van der Waals surface area contributed by atoms with Gasteiger partial charge in [0.2, 0.25) is 0 Å². The smallest absolute Gasteiger partial charge is 0.333 e. The van der Waals surface area contributed by atoms with E-state index in [-0.39, 0.29) is 11.6 Å². The van der Waals surface area contributed by atoms with E-state index in [1.165, 1.54) is 44.9 Å². The monoisotopic (exact) mass is 330 g/mol. The second-order valence-corrected chi connectivity index (χ2v) is 9.23. The minimum absolute atomic E-state index is 0.131. The van der Waals surface area contributed by atoms with Gasteiger partial charge >= 0.3 is 5.97 Å².